The maximum absolute atomic E-state index is 12.5. The number of alkyl halides is 3. The lowest BCUT2D eigenvalue weighted by Crippen LogP contribution is -2.03. The monoisotopic (exact) mass is 268 g/mol. The lowest BCUT2D eigenvalue weighted by Gasteiger charge is -1.99. The lowest BCUT2D eigenvalue weighted by molar-refractivity contribution is -0.137. The average Bonchev–Trinajstić information content (AvgIpc) is 2.92. The van der Waals surface area contributed by atoms with Gasteiger partial charge in [-0.25, -0.2) is 0 Å². The van der Waals surface area contributed by atoms with Crippen LogP contribution < -0.4 is 5.73 Å². The third-order valence-electron chi connectivity index (χ3n) is 2.51. The fraction of sp³-hybridized carbons (Fsp3) is 0.0909. The minimum Gasteiger partial charge on any atom is -0.422 e. The molecule has 2 heterocycles. The number of hydrogen-bond acceptors (Lipinski definition) is 4. The summed E-state index contributed by atoms with van der Waals surface area (Å²) in [6.07, 6.45) is -2.92. The largest absolute Gasteiger partial charge is 0.422 e. The molecule has 0 atom stereocenters. The van der Waals surface area contributed by atoms with E-state index < -0.39 is 11.7 Å². The molecule has 1 aromatic carbocycles. The highest BCUT2D eigenvalue weighted by Gasteiger charge is 2.32. The van der Waals surface area contributed by atoms with Crippen molar-refractivity contribution in [3.63, 3.8) is 0 Å². The average molecular weight is 268 g/mol. The van der Waals surface area contributed by atoms with Crippen LogP contribution >= 0.6 is 0 Å². The highest BCUT2D eigenvalue weighted by molar-refractivity contribution is 5.77. The van der Waals surface area contributed by atoms with Crippen LogP contribution in [0.2, 0.25) is 0 Å². The molecule has 0 aliphatic rings. The van der Waals surface area contributed by atoms with Crippen LogP contribution in [0.1, 0.15) is 5.56 Å². The van der Waals surface area contributed by atoms with Crippen molar-refractivity contribution in [2.45, 2.75) is 6.18 Å². The Morgan fingerprint density at radius 1 is 1.26 bits per heavy atom. The number of anilines is 1. The molecule has 3 aromatic rings. The first kappa shape index (κ1) is 11.6. The Kier molecular flexibility index (Phi) is 2.28. The van der Waals surface area contributed by atoms with Crippen LogP contribution in [0.5, 0.6) is 0 Å². The maximum atomic E-state index is 12.5. The van der Waals surface area contributed by atoms with E-state index in [4.69, 9.17) is 10.2 Å². The summed E-state index contributed by atoms with van der Waals surface area (Å²) < 4.78 is 43.6. The Bertz CT molecular complexity index is 744. The third-order valence-corrected chi connectivity index (χ3v) is 2.51. The van der Waals surface area contributed by atoms with E-state index in [1.54, 1.807) is 18.2 Å². The lowest BCUT2D eigenvalue weighted by atomic mass is 10.3. The van der Waals surface area contributed by atoms with Gasteiger partial charge in [0.25, 0.3) is 0 Å². The summed E-state index contributed by atoms with van der Waals surface area (Å²) >= 11 is 0. The molecule has 19 heavy (non-hydrogen) atoms. The molecular weight excluding hydrogens is 261 g/mol. The van der Waals surface area contributed by atoms with Crippen molar-refractivity contribution in [3.8, 4) is 6.01 Å². The molecule has 2 aromatic heterocycles. The van der Waals surface area contributed by atoms with Crippen LogP contribution in [0.3, 0.4) is 0 Å². The Hall–Kier alpha value is -2.51. The van der Waals surface area contributed by atoms with Gasteiger partial charge in [0.1, 0.15) is 5.52 Å². The topological polar surface area (TPSA) is 69.9 Å². The van der Waals surface area contributed by atoms with Gasteiger partial charge in [-0.1, -0.05) is 0 Å². The van der Waals surface area contributed by atoms with Crippen LogP contribution in [0.15, 0.2) is 35.0 Å². The first-order valence-electron chi connectivity index (χ1n) is 5.22. The van der Waals surface area contributed by atoms with Crippen molar-refractivity contribution < 1.29 is 17.6 Å². The molecule has 2 N–H and O–H groups in total. The molecule has 8 heteroatoms. The maximum Gasteiger partial charge on any atom is 0.419 e. The molecule has 0 saturated carbocycles. The smallest absolute Gasteiger partial charge is 0.419 e. The first-order valence-corrected chi connectivity index (χ1v) is 5.22. The molecule has 5 nitrogen and oxygen atoms in total. The van der Waals surface area contributed by atoms with Gasteiger partial charge in [-0.15, -0.1) is 0 Å². The molecule has 0 spiro atoms. The van der Waals surface area contributed by atoms with Crippen molar-refractivity contribution in [1.29, 1.82) is 0 Å². The quantitative estimate of drug-likeness (QED) is 0.689. The number of nitrogens with two attached hydrogens (primary N) is 1. The van der Waals surface area contributed by atoms with Gasteiger partial charge in [0.05, 0.1) is 11.8 Å². The molecule has 0 aliphatic heterocycles. The van der Waals surface area contributed by atoms with E-state index in [9.17, 15) is 13.2 Å². The van der Waals surface area contributed by atoms with E-state index in [0.29, 0.717) is 23.0 Å². The number of rotatable bonds is 1. The fourth-order valence-electron chi connectivity index (χ4n) is 1.60. The normalized spacial score (nSPS) is 12.2. The van der Waals surface area contributed by atoms with E-state index in [2.05, 4.69) is 10.1 Å². The minimum atomic E-state index is -4.45. The number of nitrogens with zero attached hydrogens (tertiary/aromatic N) is 3. The first-order chi connectivity index (χ1) is 8.93. The van der Waals surface area contributed by atoms with Gasteiger partial charge in [-0.05, 0) is 18.2 Å². The number of fused-ring (bicyclic) bond motifs is 1. The summed E-state index contributed by atoms with van der Waals surface area (Å²) in [6.45, 7) is 0. The number of oxazole rings is 1. The molecule has 0 radical (unpaired) electrons. The number of nitrogen functional groups attached to an aromatic ring is 1. The van der Waals surface area contributed by atoms with E-state index in [0.717, 1.165) is 10.9 Å². The van der Waals surface area contributed by atoms with Crippen molar-refractivity contribution in [2.24, 2.45) is 0 Å². The second-order valence-corrected chi connectivity index (χ2v) is 3.89. The van der Waals surface area contributed by atoms with Crippen LogP contribution in [0, 0.1) is 0 Å². The summed E-state index contributed by atoms with van der Waals surface area (Å²) in [5.41, 5.74) is 6.09. The van der Waals surface area contributed by atoms with E-state index in [1.165, 1.54) is 0 Å². The second-order valence-electron chi connectivity index (χ2n) is 3.89. The van der Waals surface area contributed by atoms with Crippen LogP contribution in [0.4, 0.5) is 18.9 Å². The summed E-state index contributed by atoms with van der Waals surface area (Å²) in [7, 11) is 0. The molecule has 0 unspecified atom stereocenters. The molecule has 98 valence electrons. The number of hydrogen-bond donors (Lipinski definition) is 1. The molecule has 0 bridgehead atoms. The van der Waals surface area contributed by atoms with Gasteiger partial charge in [0, 0.05) is 11.9 Å². The number of benzene rings is 1. The van der Waals surface area contributed by atoms with Gasteiger partial charge in [0.15, 0.2) is 5.58 Å². The summed E-state index contributed by atoms with van der Waals surface area (Å²) in [5, 5.41) is 3.58. The summed E-state index contributed by atoms with van der Waals surface area (Å²) in [6, 6.07) is 4.73. The second kappa shape index (κ2) is 3.74. The van der Waals surface area contributed by atoms with Gasteiger partial charge in [0.2, 0.25) is 0 Å². The molecule has 0 aliphatic carbocycles. The molecule has 0 saturated heterocycles. The zero-order chi connectivity index (χ0) is 13.6. The zero-order valence-electron chi connectivity index (χ0n) is 9.35. The Morgan fingerprint density at radius 3 is 2.74 bits per heavy atom. The predicted octanol–water partition coefficient (Wildman–Crippen LogP) is 2.61. The van der Waals surface area contributed by atoms with E-state index in [-0.39, 0.29) is 6.01 Å². The van der Waals surface area contributed by atoms with Crippen molar-refractivity contribution in [3.05, 3.63) is 36.2 Å². The van der Waals surface area contributed by atoms with Crippen molar-refractivity contribution in [1.82, 2.24) is 14.8 Å². The standard InChI is InChI=1S/C11H7F3N4O/c12-11(13,14)6-4-16-18(5-6)10-17-8-3-7(15)1-2-9(8)19-10/h1-5H,15H2. The third kappa shape index (κ3) is 2.01. The van der Waals surface area contributed by atoms with Crippen LogP contribution in [-0.4, -0.2) is 14.8 Å². The van der Waals surface area contributed by atoms with E-state index >= 15 is 0 Å². The summed E-state index contributed by atoms with van der Waals surface area (Å²) in [4.78, 5) is 4.03. The van der Waals surface area contributed by atoms with Crippen molar-refractivity contribution in [2.75, 3.05) is 5.73 Å². The van der Waals surface area contributed by atoms with Crippen LogP contribution in [-0.2, 0) is 6.18 Å². The van der Waals surface area contributed by atoms with E-state index in [1.807, 2.05) is 0 Å². The summed E-state index contributed by atoms with van der Waals surface area (Å²) in [5.74, 6) is 0. The Morgan fingerprint density at radius 2 is 2.05 bits per heavy atom. The molecule has 3 rings (SSSR count). The minimum absolute atomic E-state index is 0.0453. The van der Waals surface area contributed by atoms with Gasteiger partial charge < -0.3 is 10.2 Å². The Labute approximate surface area is 104 Å². The van der Waals surface area contributed by atoms with Gasteiger partial charge >= 0.3 is 12.2 Å². The molecule has 0 amide bonds. The number of aromatic nitrogens is 3. The molecular formula is C11H7F3N4O. The number of halogens is 3. The fourth-order valence-corrected chi connectivity index (χ4v) is 1.60. The van der Waals surface area contributed by atoms with Gasteiger partial charge in [-0.2, -0.15) is 27.9 Å². The molecule has 0 fully saturated rings. The predicted molar refractivity (Wildman–Crippen MR) is 60.5 cm³/mol. The highest BCUT2D eigenvalue weighted by atomic mass is 19.4. The Balaban J connectivity index is 2.07. The highest BCUT2D eigenvalue weighted by Crippen LogP contribution is 2.29. The zero-order valence-corrected chi connectivity index (χ0v) is 9.35. The van der Waals surface area contributed by atoms with Gasteiger partial charge in [-0.3, -0.25) is 0 Å². The van der Waals surface area contributed by atoms with Crippen LogP contribution in [0.25, 0.3) is 17.1 Å². The van der Waals surface area contributed by atoms with Crippen molar-refractivity contribution >= 4 is 16.8 Å². The SMILES string of the molecule is Nc1ccc2oc(-n3cc(C(F)(F)F)cn3)nc2c1.